The SMILES string of the molecule is CC(N)Cc1ccc2nc(-c3ccc(F)cc3)[nH]c2c1. The van der Waals surface area contributed by atoms with E-state index in [4.69, 9.17) is 5.73 Å². The van der Waals surface area contributed by atoms with Crippen LogP contribution in [0.4, 0.5) is 4.39 Å². The number of H-pyrrole nitrogens is 1. The van der Waals surface area contributed by atoms with Crippen molar-refractivity contribution >= 4 is 11.0 Å². The third kappa shape index (κ3) is 2.56. The quantitative estimate of drug-likeness (QED) is 0.766. The highest BCUT2D eigenvalue weighted by molar-refractivity contribution is 5.80. The van der Waals surface area contributed by atoms with Gasteiger partial charge in [0.2, 0.25) is 0 Å². The molecule has 0 aliphatic heterocycles. The molecule has 1 unspecified atom stereocenters. The van der Waals surface area contributed by atoms with Crippen LogP contribution in [0.15, 0.2) is 42.5 Å². The third-order valence-corrected chi connectivity index (χ3v) is 3.22. The molecular formula is C16H16FN3. The molecule has 0 amide bonds. The average Bonchev–Trinajstić information content (AvgIpc) is 2.81. The number of halogens is 1. The van der Waals surface area contributed by atoms with E-state index in [1.165, 1.54) is 17.7 Å². The van der Waals surface area contributed by atoms with Crippen molar-refractivity contribution in [2.75, 3.05) is 0 Å². The Balaban J connectivity index is 1.99. The molecule has 3 aromatic rings. The van der Waals surface area contributed by atoms with Gasteiger partial charge in [-0.2, -0.15) is 0 Å². The second-order valence-electron chi connectivity index (χ2n) is 5.13. The highest BCUT2D eigenvalue weighted by Gasteiger charge is 2.07. The topological polar surface area (TPSA) is 54.7 Å². The molecule has 1 atom stereocenters. The summed E-state index contributed by atoms with van der Waals surface area (Å²) in [5.41, 5.74) is 9.75. The number of benzene rings is 2. The van der Waals surface area contributed by atoms with Crippen molar-refractivity contribution in [1.29, 1.82) is 0 Å². The van der Waals surface area contributed by atoms with Crippen molar-refractivity contribution in [3.05, 3.63) is 53.8 Å². The van der Waals surface area contributed by atoms with Gasteiger partial charge in [-0.1, -0.05) is 6.07 Å². The van der Waals surface area contributed by atoms with E-state index in [0.29, 0.717) is 0 Å². The lowest BCUT2D eigenvalue weighted by Gasteiger charge is -2.04. The summed E-state index contributed by atoms with van der Waals surface area (Å²) in [4.78, 5) is 7.79. The number of hydrogen-bond donors (Lipinski definition) is 2. The van der Waals surface area contributed by atoms with Gasteiger partial charge in [-0.25, -0.2) is 9.37 Å². The zero-order valence-electron chi connectivity index (χ0n) is 11.2. The second kappa shape index (κ2) is 5.06. The molecule has 0 saturated heterocycles. The van der Waals surface area contributed by atoms with Crippen molar-refractivity contribution in [2.45, 2.75) is 19.4 Å². The number of rotatable bonds is 3. The van der Waals surface area contributed by atoms with E-state index in [-0.39, 0.29) is 11.9 Å². The number of imidazole rings is 1. The molecule has 0 aliphatic carbocycles. The van der Waals surface area contributed by atoms with Gasteiger partial charge in [0.15, 0.2) is 0 Å². The van der Waals surface area contributed by atoms with Crippen LogP contribution in [0.1, 0.15) is 12.5 Å². The summed E-state index contributed by atoms with van der Waals surface area (Å²) in [5, 5.41) is 0. The normalized spacial score (nSPS) is 12.8. The molecule has 3 N–H and O–H groups in total. The fourth-order valence-corrected chi connectivity index (χ4v) is 2.30. The number of fused-ring (bicyclic) bond motifs is 1. The van der Waals surface area contributed by atoms with Crippen LogP contribution in [0, 0.1) is 5.82 Å². The summed E-state index contributed by atoms with van der Waals surface area (Å²) in [6.45, 7) is 1.99. The summed E-state index contributed by atoms with van der Waals surface area (Å²) in [7, 11) is 0. The van der Waals surface area contributed by atoms with E-state index in [9.17, 15) is 4.39 Å². The summed E-state index contributed by atoms with van der Waals surface area (Å²) in [6.07, 6.45) is 0.834. The molecule has 0 bridgehead atoms. The van der Waals surface area contributed by atoms with Gasteiger partial charge in [0, 0.05) is 11.6 Å². The third-order valence-electron chi connectivity index (χ3n) is 3.22. The number of hydrogen-bond acceptors (Lipinski definition) is 2. The first kappa shape index (κ1) is 12.8. The predicted molar refractivity (Wildman–Crippen MR) is 78.8 cm³/mol. The number of aromatic amines is 1. The standard InChI is InChI=1S/C16H16FN3/c1-10(18)8-11-2-7-14-15(9-11)20-16(19-14)12-3-5-13(17)6-4-12/h2-7,9-10H,8,18H2,1H3,(H,19,20). The fourth-order valence-electron chi connectivity index (χ4n) is 2.30. The lowest BCUT2D eigenvalue weighted by atomic mass is 10.1. The van der Waals surface area contributed by atoms with E-state index < -0.39 is 0 Å². The molecule has 4 heteroatoms. The maximum atomic E-state index is 12.9. The highest BCUT2D eigenvalue weighted by Crippen LogP contribution is 2.21. The lowest BCUT2D eigenvalue weighted by molar-refractivity contribution is 0.628. The number of nitrogens with zero attached hydrogens (tertiary/aromatic N) is 1. The van der Waals surface area contributed by atoms with Gasteiger partial charge >= 0.3 is 0 Å². The van der Waals surface area contributed by atoms with Crippen LogP contribution in [0.2, 0.25) is 0 Å². The van der Waals surface area contributed by atoms with E-state index in [0.717, 1.165) is 28.8 Å². The Morgan fingerprint density at radius 3 is 2.65 bits per heavy atom. The first-order chi connectivity index (χ1) is 9.61. The number of nitrogens with one attached hydrogen (secondary N) is 1. The van der Waals surface area contributed by atoms with Gasteiger partial charge in [0.25, 0.3) is 0 Å². The summed E-state index contributed by atoms with van der Waals surface area (Å²) < 4.78 is 12.9. The Hall–Kier alpha value is -2.20. The van der Waals surface area contributed by atoms with E-state index in [2.05, 4.69) is 16.0 Å². The number of aromatic nitrogens is 2. The van der Waals surface area contributed by atoms with Gasteiger partial charge in [-0.15, -0.1) is 0 Å². The predicted octanol–water partition coefficient (Wildman–Crippen LogP) is 3.26. The first-order valence-corrected chi connectivity index (χ1v) is 6.62. The maximum absolute atomic E-state index is 12.9. The van der Waals surface area contributed by atoms with Crippen molar-refractivity contribution in [3.8, 4) is 11.4 Å². The van der Waals surface area contributed by atoms with E-state index >= 15 is 0 Å². The maximum Gasteiger partial charge on any atom is 0.138 e. The minimum Gasteiger partial charge on any atom is -0.338 e. The van der Waals surface area contributed by atoms with Crippen LogP contribution in [0.5, 0.6) is 0 Å². The molecule has 102 valence electrons. The minimum absolute atomic E-state index is 0.131. The molecule has 3 rings (SSSR count). The Kier molecular flexibility index (Phi) is 3.24. The van der Waals surface area contributed by atoms with E-state index in [1.54, 1.807) is 12.1 Å². The largest absolute Gasteiger partial charge is 0.338 e. The van der Waals surface area contributed by atoms with Gasteiger partial charge in [-0.3, -0.25) is 0 Å². The second-order valence-corrected chi connectivity index (χ2v) is 5.13. The van der Waals surface area contributed by atoms with Crippen LogP contribution in [0.25, 0.3) is 22.4 Å². The Bertz CT molecular complexity index is 729. The van der Waals surface area contributed by atoms with E-state index in [1.807, 2.05) is 19.1 Å². The van der Waals surface area contributed by atoms with Crippen LogP contribution >= 0.6 is 0 Å². The van der Waals surface area contributed by atoms with Gasteiger partial charge in [0.1, 0.15) is 11.6 Å². The summed E-state index contributed by atoms with van der Waals surface area (Å²) in [6, 6.07) is 12.5. The molecule has 2 aromatic carbocycles. The van der Waals surface area contributed by atoms with Crippen molar-refractivity contribution in [2.24, 2.45) is 5.73 Å². The van der Waals surface area contributed by atoms with Crippen LogP contribution in [-0.4, -0.2) is 16.0 Å². The minimum atomic E-state index is -0.246. The Morgan fingerprint density at radius 1 is 1.20 bits per heavy atom. The lowest BCUT2D eigenvalue weighted by Crippen LogP contribution is -2.17. The van der Waals surface area contributed by atoms with Crippen molar-refractivity contribution < 1.29 is 4.39 Å². The molecular weight excluding hydrogens is 253 g/mol. The molecule has 0 spiro atoms. The van der Waals surface area contributed by atoms with Crippen LogP contribution < -0.4 is 5.73 Å². The van der Waals surface area contributed by atoms with Gasteiger partial charge < -0.3 is 10.7 Å². The molecule has 0 saturated carbocycles. The zero-order chi connectivity index (χ0) is 14.1. The summed E-state index contributed by atoms with van der Waals surface area (Å²) in [5.74, 6) is 0.502. The van der Waals surface area contributed by atoms with Gasteiger partial charge in [-0.05, 0) is 55.3 Å². The molecule has 0 radical (unpaired) electrons. The van der Waals surface area contributed by atoms with Crippen molar-refractivity contribution in [3.63, 3.8) is 0 Å². The first-order valence-electron chi connectivity index (χ1n) is 6.62. The number of nitrogens with two attached hydrogens (primary N) is 1. The van der Waals surface area contributed by atoms with Crippen molar-refractivity contribution in [1.82, 2.24) is 9.97 Å². The highest BCUT2D eigenvalue weighted by atomic mass is 19.1. The summed E-state index contributed by atoms with van der Waals surface area (Å²) >= 11 is 0. The van der Waals surface area contributed by atoms with Crippen LogP contribution in [0.3, 0.4) is 0 Å². The Morgan fingerprint density at radius 2 is 1.95 bits per heavy atom. The average molecular weight is 269 g/mol. The molecule has 3 nitrogen and oxygen atoms in total. The zero-order valence-corrected chi connectivity index (χ0v) is 11.2. The Labute approximate surface area is 116 Å². The molecule has 1 heterocycles. The monoisotopic (exact) mass is 269 g/mol. The van der Waals surface area contributed by atoms with Crippen LogP contribution in [-0.2, 0) is 6.42 Å². The smallest absolute Gasteiger partial charge is 0.138 e. The van der Waals surface area contributed by atoms with Gasteiger partial charge in [0.05, 0.1) is 11.0 Å². The fraction of sp³-hybridized carbons (Fsp3) is 0.188. The molecule has 0 aliphatic rings. The molecule has 20 heavy (non-hydrogen) atoms. The molecule has 1 aromatic heterocycles. The molecule has 0 fully saturated rings.